The highest BCUT2D eigenvalue weighted by Gasteiger charge is 2.43. The number of anilines is 1. The van der Waals surface area contributed by atoms with Crippen molar-refractivity contribution in [2.75, 3.05) is 44.2 Å². The number of ether oxygens (including phenoxy) is 1. The maximum atomic E-state index is 12.5. The fraction of sp³-hybridized carbons (Fsp3) is 0.588. The second kappa shape index (κ2) is 7.51. The van der Waals surface area contributed by atoms with E-state index in [0.29, 0.717) is 13.1 Å². The van der Waals surface area contributed by atoms with Gasteiger partial charge >= 0.3 is 12.1 Å². The van der Waals surface area contributed by atoms with E-state index in [9.17, 15) is 18.0 Å². The quantitative estimate of drug-likeness (QED) is 0.899. The van der Waals surface area contributed by atoms with Crippen molar-refractivity contribution in [2.45, 2.75) is 25.1 Å². The van der Waals surface area contributed by atoms with E-state index in [4.69, 9.17) is 4.74 Å². The Morgan fingerprint density at radius 2 is 1.88 bits per heavy atom. The van der Waals surface area contributed by atoms with Gasteiger partial charge in [-0.05, 0) is 31.5 Å². The van der Waals surface area contributed by atoms with Gasteiger partial charge in [-0.2, -0.15) is 13.2 Å². The number of nitrogens with one attached hydrogen (secondary N) is 1. The first-order chi connectivity index (χ1) is 11.9. The van der Waals surface area contributed by atoms with E-state index < -0.39 is 12.1 Å². The van der Waals surface area contributed by atoms with Crippen molar-refractivity contribution in [3.05, 3.63) is 24.3 Å². The zero-order chi connectivity index (χ0) is 17.9. The number of nitrogens with zero attached hydrogens (tertiary/aromatic N) is 2. The Hall–Kier alpha value is -1.96. The van der Waals surface area contributed by atoms with Crippen molar-refractivity contribution < 1.29 is 22.7 Å². The summed E-state index contributed by atoms with van der Waals surface area (Å²) >= 11 is 0. The average Bonchev–Trinajstić information content (AvgIpc) is 2.62. The minimum atomic E-state index is -4.81. The third-order valence-electron chi connectivity index (χ3n) is 4.56. The van der Waals surface area contributed by atoms with Crippen LogP contribution in [0.4, 0.5) is 18.9 Å². The summed E-state index contributed by atoms with van der Waals surface area (Å²) in [6.45, 7) is 2.60. The number of carbonyl (C=O) groups excluding carboxylic acids is 1. The lowest BCUT2D eigenvalue weighted by Gasteiger charge is -2.37. The molecule has 1 amide bonds. The fourth-order valence-corrected chi connectivity index (χ4v) is 3.25. The Labute approximate surface area is 144 Å². The molecule has 2 saturated heterocycles. The highest BCUT2D eigenvalue weighted by Crippen LogP contribution is 2.31. The first-order valence-corrected chi connectivity index (χ1v) is 8.52. The number of carbonyl (C=O) groups is 1. The molecule has 0 spiro atoms. The number of alkyl halides is 3. The van der Waals surface area contributed by atoms with Crippen LogP contribution in [0.15, 0.2) is 24.3 Å². The van der Waals surface area contributed by atoms with E-state index in [2.05, 4.69) is 5.32 Å². The summed E-state index contributed by atoms with van der Waals surface area (Å²) < 4.78 is 43.7. The van der Waals surface area contributed by atoms with E-state index in [-0.39, 0.29) is 19.2 Å². The molecular formula is C17H22F3N3O2. The summed E-state index contributed by atoms with van der Waals surface area (Å²) in [5, 5.41) is 3.30. The molecule has 3 rings (SSSR count). The van der Waals surface area contributed by atoms with Crippen molar-refractivity contribution in [1.29, 1.82) is 0 Å². The minimum Gasteiger partial charge on any atom is -0.487 e. The second-order valence-corrected chi connectivity index (χ2v) is 6.33. The molecule has 2 aliphatic heterocycles. The number of benzene rings is 1. The number of hydrogen-bond acceptors (Lipinski definition) is 4. The Morgan fingerprint density at radius 3 is 2.52 bits per heavy atom. The SMILES string of the molecule is O=C(N1CCN(c2ccccc2O[C@@H]2CCCNC2)CC1)C(F)(F)F. The summed E-state index contributed by atoms with van der Waals surface area (Å²) in [5.74, 6) is -1.02. The Morgan fingerprint density at radius 1 is 1.16 bits per heavy atom. The minimum absolute atomic E-state index is 0.0532. The van der Waals surface area contributed by atoms with Crippen LogP contribution in [0.25, 0.3) is 0 Å². The average molecular weight is 357 g/mol. The number of hydrogen-bond donors (Lipinski definition) is 1. The van der Waals surface area contributed by atoms with E-state index in [1.54, 1.807) is 0 Å². The van der Waals surface area contributed by atoms with Crippen LogP contribution in [0.3, 0.4) is 0 Å². The van der Waals surface area contributed by atoms with E-state index >= 15 is 0 Å². The van der Waals surface area contributed by atoms with Gasteiger partial charge in [0.05, 0.1) is 5.69 Å². The smallest absolute Gasteiger partial charge is 0.471 e. The van der Waals surface area contributed by atoms with Crippen molar-refractivity contribution >= 4 is 11.6 Å². The molecule has 5 nitrogen and oxygen atoms in total. The standard InChI is InChI=1S/C17H22F3N3O2/c18-17(19,20)16(24)23-10-8-22(9-11-23)14-5-1-2-6-15(14)25-13-4-3-7-21-12-13/h1-2,5-6,13,21H,3-4,7-12H2/t13-/m1/s1. The number of piperazine rings is 1. The zero-order valence-corrected chi connectivity index (χ0v) is 13.9. The van der Waals surface area contributed by atoms with Gasteiger partial charge in [-0.25, -0.2) is 0 Å². The third kappa shape index (κ3) is 4.36. The maximum Gasteiger partial charge on any atom is 0.471 e. The van der Waals surface area contributed by atoms with Crippen LogP contribution < -0.4 is 15.0 Å². The first kappa shape index (κ1) is 17.8. The summed E-state index contributed by atoms with van der Waals surface area (Å²) in [7, 11) is 0. The molecule has 0 aromatic heterocycles. The highest BCUT2D eigenvalue weighted by atomic mass is 19.4. The molecule has 8 heteroatoms. The predicted molar refractivity (Wildman–Crippen MR) is 87.8 cm³/mol. The summed E-state index contributed by atoms with van der Waals surface area (Å²) in [5.41, 5.74) is 0.868. The molecule has 2 aliphatic rings. The largest absolute Gasteiger partial charge is 0.487 e. The van der Waals surface area contributed by atoms with Gasteiger partial charge in [0.25, 0.3) is 0 Å². The highest BCUT2D eigenvalue weighted by molar-refractivity contribution is 5.82. The van der Waals surface area contributed by atoms with Gasteiger partial charge in [0.1, 0.15) is 11.9 Å². The van der Waals surface area contributed by atoms with Crippen LogP contribution in [0.2, 0.25) is 0 Å². The van der Waals surface area contributed by atoms with Gasteiger partial charge in [-0.3, -0.25) is 4.79 Å². The van der Waals surface area contributed by atoms with Crippen molar-refractivity contribution in [3.63, 3.8) is 0 Å². The molecule has 2 heterocycles. The number of para-hydroxylation sites is 2. The van der Waals surface area contributed by atoms with Crippen LogP contribution in [0.5, 0.6) is 5.75 Å². The lowest BCUT2D eigenvalue weighted by molar-refractivity contribution is -0.185. The maximum absolute atomic E-state index is 12.5. The summed E-state index contributed by atoms with van der Waals surface area (Å²) in [4.78, 5) is 14.2. The molecule has 1 aromatic carbocycles. The normalized spacial score (nSPS) is 22.0. The molecule has 138 valence electrons. The molecule has 1 atom stereocenters. The topological polar surface area (TPSA) is 44.8 Å². The van der Waals surface area contributed by atoms with E-state index in [0.717, 1.165) is 42.3 Å². The second-order valence-electron chi connectivity index (χ2n) is 6.33. The molecule has 0 radical (unpaired) electrons. The lowest BCUT2D eigenvalue weighted by Crippen LogP contribution is -2.52. The van der Waals surface area contributed by atoms with Gasteiger partial charge in [0.2, 0.25) is 0 Å². The first-order valence-electron chi connectivity index (χ1n) is 8.52. The van der Waals surface area contributed by atoms with Gasteiger partial charge in [-0.1, -0.05) is 12.1 Å². The van der Waals surface area contributed by atoms with Gasteiger partial charge in [0, 0.05) is 32.7 Å². The number of amides is 1. The van der Waals surface area contributed by atoms with Gasteiger partial charge < -0.3 is 19.9 Å². The Bertz CT molecular complexity index is 595. The Kier molecular flexibility index (Phi) is 5.36. The fourth-order valence-electron chi connectivity index (χ4n) is 3.25. The number of rotatable bonds is 3. The molecule has 0 bridgehead atoms. The molecular weight excluding hydrogens is 335 g/mol. The Balaban J connectivity index is 1.64. The van der Waals surface area contributed by atoms with Crippen LogP contribution in [-0.4, -0.2) is 62.4 Å². The number of halogens is 3. The zero-order valence-electron chi connectivity index (χ0n) is 13.9. The van der Waals surface area contributed by atoms with Crippen LogP contribution in [-0.2, 0) is 4.79 Å². The van der Waals surface area contributed by atoms with Crippen molar-refractivity contribution in [2.24, 2.45) is 0 Å². The monoisotopic (exact) mass is 357 g/mol. The van der Waals surface area contributed by atoms with Gasteiger partial charge in [-0.15, -0.1) is 0 Å². The predicted octanol–water partition coefficient (Wildman–Crippen LogP) is 2.03. The van der Waals surface area contributed by atoms with Crippen LogP contribution in [0, 0.1) is 0 Å². The third-order valence-corrected chi connectivity index (χ3v) is 4.56. The molecule has 0 saturated carbocycles. The van der Waals surface area contributed by atoms with Crippen LogP contribution in [0.1, 0.15) is 12.8 Å². The van der Waals surface area contributed by atoms with Crippen LogP contribution >= 0.6 is 0 Å². The lowest BCUT2D eigenvalue weighted by atomic mass is 10.1. The van der Waals surface area contributed by atoms with Crippen molar-refractivity contribution in [3.8, 4) is 5.75 Å². The molecule has 0 unspecified atom stereocenters. The molecule has 2 fully saturated rings. The number of piperidine rings is 1. The summed E-state index contributed by atoms with van der Waals surface area (Å²) in [6, 6.07) is 7.57. The van der Waals surface area contributed by atoms with Gasteiger partial charge in [0.15, 0.2) is 0 Å². The molecule has 25 heavy (non-hydrogen) atoms. The molecule has 1 aromatic rings. The molecule has 1 N–H and O–H groups in total. The van der Waals surface area contributed by atoms with Crippen molar-refractivity contribution in [1.82, 2.24) is 10.2 Å². The summed E-state index contributed by atoms with van der Waals surface area (Å²) in [6.07, 6.45) is -2.67. The van der Waals surface area contributed by atoms with E-state index in [1.165, 1.54) is 0 Å². The molecule has 0 aliphatic carbocycles. The van der Waals surface area contributed by atoms with E-state index in [1.807, 2.05) is 29.2 Å².